The van der Waals surface area contributed by atoms with Crippen LogP contribution >= 0.6 is 0 Å². The largest absolute Gasteiger partial charge is 0.459 e. The number of esters is 2. The van der Waals surface area contributed by atoms with Crippen molar-refractivity contribution in [1.29, 1.82) is 0 Å². The van der Waals surface area contributed by atoms with Gasteiger partial charge in [0.1, 0.15) is 12.2 Å². The molecule has 4 nitrogen and oxygen atoms in total. The van der Waals surface area contributed by atoms with E-state index in [1.54, 1.807) is 13.8 Å². The summed E-state index contributed by atoms with van der Waals surface area (Å²) in [4.78, 5) is 24.2. The van der Waals surface area contributed by atoms with Gasteiger partial charge in [-0.15, -0.1) is 0 Å². The Morgan fingerprint density at radius 1 is 0.966 bits per heavy atom. The van der Waals surface area contributed by atoms with Crippen molar-refractivity contribution in [1.82, 2.24) is 0 Å². The summed E-state index contributed by atoms with van der Waals surface area (Å²) >= 11 is 0. The molecule has 8 atom stereocenters. The summed E-state index contributed by atoms with van der Waals surface area (Å²) in [5.41, 5.74) is 0.944. The van der Waals surface area contributed by atoms with E-state index in [-0.39, 0.29) is 30.1 Å². The lowest BCUT2D eigenvalue weighted by Gasteiger charge is -2.36. The van der Waals surface area contributed by atoms with Gasteiger partial charge in [0.2, 0.25) is 0 Å². The van der Waals surface area contributed by atoms with Crippen molar-refractivity contribution in [3.05, 3.63) is 24.3 Å². The number of carbonyl (C=O) groups is 2. The molecule has 4 heteroatoms. The number of hydrogen-bond donors (Lipinski definition) is 0. The highest BCUT2D eigenvalue weighted by Gasteiger charge is 2.58. The predicted octanol–water partition coefficient (Wildman–Crippen LogP) is 5.33. The molecule has 0 saturated heterocycles. The van der Waals surface area contributed by atoms with Crippen molar-refractivity contribution in [2.24, 2.45) is 41.4 Å². The van der Waals surface area contributed by atoms with E-state index in [1.165, 1.54) is 19.3 Å². The van der Waals surface area contributed by atoms with E-state index in [2.05, 4.69) is 33.9 Å². The zero-order valence-corrected chi connectivity index (χ0v) is 18.8. The average molecular weight is 403 g/mol. The minimum Gasteiger partial charge on any atom is -0.459 e. The van der Waals surface area contributed by atoms with Crippen LogP contribution in [0.15, 0.2) is 24.3 Å². The third-order valence-corrected chi connectivity index (χ3v) is 7.69. The molecule has 0 N–H and O–H groups in total. The van der Waals surface area contributed by atoms with E-state index in [4.69, 9.17) is 9.47 Å². The highest BCUT2D eigenvalue weighted by molar-refractivity contribution is 5.87. The maximum Gasteiger partial charge on any atom is 0.333 e. The van der Waals surface area contributed by atoms with E-state index in [0.717, 1.165) is 18.8 Å². The summed E-state index contributed by atoms with van der Waals surface area (Å²) in [5.74, 6) is 3.30. The van der Waals surface area contributed by atoms with Crippen LogP contribution in [-0.2, 0) is 19.1 Å². The molecule has 0 aromatic heterocycles. The number of rotatable bonds is 8. The number of hydrogen-bond acceptors (Lipinski definition) is 4. The van der Waals surface area contributed by atoms with Crippen LogP contribution in [0.3, 0.4) is 0 Å². The van der Waals surface area contributed by atoms with Crippen molar-refractivity contribution in [2.45, 2.75) is 78.9 Å². The summed E-state index contributed by atoms with van der Waals surface area (Å²) in [6.45, 7) is 17.3. The Kier molecular flexibility index (Phi) is 6.60. The summed E-state index contributed by atoms with van der Waals surface area (Å²) in [6.07, 6.45) is 5.80. The second kappa shape index (κ2) is 8.65. The molecule has 0 aromatic rings. The van der Waals surface area contributed by atoms with Gasteiger partial charge in [0, 0.05) is 11.1 Å². The Hall–Kier alpha value is -1.58. The number of ether oxygens (including phenoxy) is 2. The molecule has 0 radical (unpaired) electrons. The van der Waals surface area contributed by atoms with Gasteiger partial charge < -0.3 is 9.47 Å². The van der Waals surface area contributed by atoms with Crippen molar-refractivity contribution in [3.63, 3.8) is 0 Å². The van der Waals surface area contributed by atoms with Gasteiger partial charge in [-0.2, -0.15) is 0 Å². The Labute approximate surface area is 176 Å². The van der Waals surface area contributed by atoms with Crippen molar-refractivity contribution in [2.75, 3.05) is 0 Å². The first kappa shape index (κ1) is 22.1. The van der Waals surface area contributed by atoms with Gasteiger partial charge in [-0.3, -0.25) is 0 Å². The molecular weight excluding hydrogens is 364 g/mol. The van der Waals surface area contributed by atoms with Crippen LogP contribution in [0.2, 0.25) is 0 Å². The fourth-order valence-corrected chi connectivity index (χ4v) is 6.58. The molecule has 0 aromatic carbocycles. The van der Waals surface area contributed by atoms with Crippen LogP contribution < -0.4 is 0 Å². The number of fused-ring (bicyclic) bond motifs is 5. The summed E-state index contributed by atoms with van der Waals surface area (Å²) in [7, 11) is 0. The molecule has 0 heterocycles. The molecule has 0 aliphatic heterocycles. The minimum absolute atomic E-state index is 0.0588. The Balaban J connectivity index is 1.65. The van der Waals surface area contributed by atoms with Crippen LogP contribution in [0.5, 0.6) is 0 Å². The van der Waals surface area contributed by atoms with Gasteiger partial charge in [-0.1, -0.05) is 33.9 Å². The van der Waals surface area contributed by atoms with Crippen LogP contribution in [-0.4, -0.2) is 24.1 Å². The molecule has 2 bridgehead atoms. The first-order valence-electron chi connectivity index (χ1n) is 11.3. The molecule has 0 spiro atoms. The average Bonchev–Trinajstić information content (AvgIpc) is 3.31. The Bertz CT molecular complexity index is 678. The quantitative estimate of drug-likeness (QED) is 0.407. The normalized spacial score (nSPS) is 34.6. The molecule has 3 aliphatic carbocycles. The Morgan fingerprint density at radius 2 is 1.62 bits per heavy atom. The second-order valence-electron chi connectivity index (χ2n) is 10.3. The summed E-state index contributed by atoms with van der Waals surface area (Å²) in [6, 6.07) is 0. The lowest BCUT2D eigenvalue weighted by atomic mass is 9.73. The molecule has 162 valence electrons. The zero-order chi connectivity index (χ0) is 21.5. The summed E-state index contributed by atoms with van der Waals surface area (Å²) in [5, 5.41) is 0. The maximum atomic E-state index is 12.1. The molecular formula is C25H38O4. The third-order valence-electron chi connectivity index (χ3n) is 7.69. The van der Waals surface area contributed by atoms with E-state index < -0.39 is 0 Å². The molecule has 0 amide bonds. The SMILES string of the molecule is C=C(C)C(=O)OC1CC2CC1C1C(CC(C)C(OC(=O)C(=C)C)C(C)C)CCC21. The molecule has 3 aliphatic rings. The third kappa shape index (κ3) is 4.46. The van der Waals surface area contributed by atoms with Gasteiger partial charge >= 0.3 is 11.9 Å². The second-order valence-corrected chi connectivity index (χ2v) is 10.3. The molecule has 29 heavy (non-hydrogen) atoms. The topological polar surface area (TPSA) is 52.6 Å². The van der Waals surface area contributed by atoms with Crippen molar-refractivity contribution >= 4 is 11.9 Å². The number of carbonyl (C=O) groups excluding carboxylic acids is 2. The van der Waals surface area contributed by atoms with Crippen LogP contribution in [0.4, 0.5) is 0 Å². The van der Waals surface area contributed by atoms with E-state index in [1.807, 2.05) is 0 Å². The smallest absolute Gasteiger partial charge is 0.333 e. The van der Waals surface area contributed by atoms with Crippen molar-refractivity contribution in [3.8, 4) is 0 Å². The standard InChI is InChI=1S/C25H38O4/c1-13(2)23(29-25(27)15(5)6)16(7)10-17-8-9-19-18-11-20(22(17)19)21(12-18)28-24(26)14(3)4/h13,16-23H,3,5,8-12H2,1-2,4,6-7H3. The Morgan fingerprint density at radius 3 is 2.21 bits per heavy atom. The molecule has 8 unspecified atom stereocenters. The minimum atomic E-state index is -0.286. The van der Waals surface area contributed by atoms with Gasteiger partial charge in [0.05, 0.1) is 0 Å². The maximum absolute atomic E-state index is 12.1. The highest BCUT2D eigenvalue weighted by atomic mass is 16.5. The van der Waals surface area contributed by atoms with E-state index in [0.29, 0.717) is 40.7 Å². The predicted molar refractivity (Wildman–Crippen MR) is 114 cm³/mol. The first-order chi connectivity index (χ1) is 13.6. The van der Waals surface area contributed by atoms with Gasteiger partial charge in [0.15, 0.2) is 0 Å². The van der Waals surface area contributed by atoms with Gasteiger partial charge in [-0.05, 0) is 87.4 Å². The monoisotopic (exact) mass is 402 g/mol. The summed E-state index contributed by atoms with van der Waals surface area (Å²) < 4.78 is 11.6. The molecule has 3 fully saturated rings. The first-order valence-corrected chi connectivity index (χ1v) is 11.3. The van der Waals surface area contributed by atoms with Gasteiger partial charge in [0.25, 0.3) is 0 Å². The van der Waals surface area contributed by atoms with E-state index >= 15 is 0 Å². The zero-order valence-electron chi connectivity index (χ0n) is 18.8. The fraction of sp³-hybridized carbons (Fsp3) is 0.760. The van der Waals surface area contributed by atoms with Crippen molar-refractivity contribution < 1.29 is 19.1 Å². The van der Waals surface area contributed by atoms with Crippen LogP contribution in [0, 0.1) is 41.4 Å². The van der Waals surface area contributed by atoms with Crippen LogP contribution in [0.1, 0.15) is 66.7 Å². The molecule has 3 saturated carbocycles. The fourth-order valence-electron chi connectivity index (χ4n) is 6.58. The van der Waals surface area contributed by atoms with Gasteiger partial charge in [-0.25, -0.2) is 9.59 Å². The highest BCUT2D eigenvalue weighted by Crippen LogP contribution is 2.62. The lowest BCUT2D eigenvalue weighted by Crippen LogP contribution is -2.37. The molecule has 3 rings (SSSR count). The van der Waals surface area contributed by atoms with Crippen LogP contribution in [0.25, 0.3) is 0 Å². The lowest BCUT2D eigenvalue weighted by molar-refractivity contribution is -0.150. The van der Waals surface area contributed by atoms with E-state index in [9.17, 15) is 9.59 Å².